The van der Waals surface area contributed by atoms with Gasteiger partial charge in [0.2, 0.25) is 5.75 Å². The first-order valence-corrected chi connectivity index (χ1v) is 11.5. The van der Waals surface area contributed by atoms with Crippen LogP contribution in [0.3, 0.4) is 0 Å². The normalized spacial score (nSPS) is 11.6. The minimum Gasteiger partial charge on any atom is -0.478 e. The van der Waals surface area contributed by atoms with Crippen LogP contribution in [-0.4, -0.2) is 31.3 Å². The molecule has 1 atom stereocenters. The Labute approximate surface area is 194 Å². The van der Waals surface area contributed by atoms with Crippen molar-refractivity contribution in [1.82, 2.24) is 19.9 Å². The molecule has 0 saturated heterocycles. The maximum Gasteiger partial charge on any atom is 0.263 e. The molecule has 1 aromatic carbocycles. The summed E-state index contributed by atoms with van der Waals surface area (Å²) >= 11 is 0. The van der Waals surface area contributed by atoms with E-state index in [-0.39, 0.29) is 17.4 Å². The monoisotopic (exact) mass is 461 g/mol. The first kappa shape index (κ1) is 22.3. The topological polar surface area (TPSA) is 99.1 Å². The summed E-state index contributed by atoms with van der Waals surface area (Å²) in [5.41, 5.74) is 2.70. The van der Waals surface area contributed by atoms with Gasteiger partial charge in [-0.25, -0.2) is 14.2 Å². The van der Waals surface area contributed by atoms with Gasteiger partial charge in [-0.05, 0) is 48.7 Å². The van der Waals surface area contributed by atoms with E-state index in [4.69, 9.17) is 9.47 Å². The van der Waals surface area contributed by atoms with Gasteiger partial charge in [-0.3, -0.25) is 9.71 Å². The Kier molecular flexibility index (Phi) is 6.89. The van der Waals surface area contributed by atoms with Gasteiger partial charge in [0.25, 0.3) is 5.88 Å². The molecule has 9 heteroatoms. The zero-order chi connectivity index (χ0) is 23.2. The molecule has 0 spiro atoms. The van der Waals surface area contributed by atoms with Crippen molar-refractivity contribution < 1.29 is 13.7 Å². The Hall–Kier alpha value is -3.85. The van der Waals surface area contributed by atoms with E-state index in [1.807, 2.05) is 44.2 Å². The largest absolute Gasteiger partial charge is 0.478 e. The van der Waals surface area contributed by atoms with Gasteiger partial charge in [0.15, 0.2) is 22.6 Å². The molecule has 0 saturated carbocycles. The van der Waals surface area contributed by atoms with Gasteiger partial charge in [-0.1, -0.05) is 31.2 Å². The lowest BCUT2D eigenvalue weighted by Gasteiger charge is -2.17. The summed E-state index contributed by atoms with van der Waals surface area (Å²) in [6, 6.07) is 14.8. The number of methoxy groups -OCH3 is 1. The van der Waals surface area contributed by atoms with Gasteiger partial charge in [0.1, 0.15) is 10.8 Å². The number of ether oxygens (including phenoxy) is 2. The molecule has 0 radical (unpaired) electrons. The molecule has 0 aliphatic carbocycles. The summed E-state index contributed by atoms with van der Waals surface area (Å²) in [6.07, 6.45) is 5.73. The minimum atomic E-state index is -1.69. The highest BCUT2D eigenvalue weighted by Gasteiger charge is 2.22. The molecule has 4 rings (SSSR count). The molecule has 168 valence electrons. The van der Waals surface area contributed by atoms with Gasteiger partial charge in [-0.2, -0.15) is 4.98 Å². The summed E-state index contributed by atoms with van der Waals surface area (Å²) in [5, 5.41) is 0.364. The first-order valence-electron chi connectivity index (χ1n) is 10.3. The minimum absolute atomic E-state index is 0.207. The fourth-order valence-electron chi connectivity index (χ4n) is 3.07. The SMILES string of the molecule is CCc1ccccc1Oc1c(NS(=O)c2ccc(C)cn2)nc(-c2ccncc2)nc1OC. The van der Waals surface area contributed by atoms with E-state index in [1.165, 1.54) is 7.11 Å². The highest BCUT2D eigenvalue weighted by molar-refractivity contribution is 7.86. The summed E-state index contributed by atoms with van der Waals surface area (Å²) in [6.45, 7) is 3.96. The number of aromatic nitrogens is 4. The van der Waals surface area contributed by atoms with Crippen LogP contribution in [0.2, 0.25) is 0 Å². The number of pyridine rings is 2. The van der Waals surface area contributed by atoms with Crippen LogP contribution in [0.5, 0.6) is 17.4 Å². The number of hydrogen-bond acceptors (Lipinski definition) is 7. The van der Waals surface area contributed by atoms with Gasteiger partial charge >= 0.3 is 0 Å². The third kappa shape index (κ3) is 5.15. The van der Waals surface area contributed by atoms with E-state index < -0.39 is 11.0 Å². The standard InChI is InChI=1S/C24H23N5O3S/c1-4-17-7-5-6-8-19(17)32-21-23(29-33(30)20-10-9-16(2)15-26-20)27-22(28-24(21)31-3)18-11-13-25-14-12-18/h5-15H,4H2,1-3H3,(H,27,28,29). The number of rotatable bonds is 8. The maximum absolute atomic E-state index is 13.1. The van der Waals surface area contributed by atoms with E-state index in [9.17, 15) is 4.21 Å². The van der Waals surface area contributed by atoms with Crippen molar-refractivity contribution in [3.8, 4) is 28.8 Å². The molecule has 0 aliphatic rings. The highest BCUT2D eigenvalue weighted by atomic mass is 32.2. The van der Waals surface area contributed by atoms with Crippen molar-refractivity contribution in [1.29, 1.82) is 0 Å². The number of nitrogens with zero attached hydrogens (tertiary/aromatic N) is 4. The van der Waals surface area contributed by atoms with Crippen molar-refractivity contribution in [3.63, 3.8) is 0 Å². The smallest absolute Gasteiger partial charge is 0.263 e. The number of aryl methyl sites for hydroxylation is 2. The summed E-state index contributed by atoms with van der Waals surface area (Å²) in [4.78, 5) is 17.4. The molecule has 4 aromatic rings. The predicted octanol–water partition coefficient (Wildman–Crippen LogP) is 4.74. The van der Waals surface area contributed by atoms with Crippen molar-refractivity contribution in [2.75, 3.05) is 11.8 Å². The zero-order valence-electron chi connectivity index (χ0n) is 18.5. The summed E-state index contributed by atoms with van der Waals surface area (Å²) in [7, 11) is -0.193. The second-order valence-electron chi connectivity index (χ2n) is 7.08. The lowest BCUT2D eigenvalue weighted by atomic mass is 10.1. The number of hydrogen-bond donors (Lipinski definition) is 1. The second kappa shape index (κ2) is 10.2. The molecular formula is C24H23N5O3S. The van der Waals surface area contributed by atoms with Crippen LogP contribution in [0.4, 0.5) is 5.82 Å². The van der Waals surface area contributed by atoms with Crippen LogP contribution in [0, 0.1) is 6.92 Å². The molecule has 8 nitrogen and oxygen atoms in total. The van der Waals surface area contributed by atoms with E-state index >= 15 is 0 Å². The average Bonchev–Trinajstić information content (AvgIpc) is 2.86. The van der Waals surface area contributed by atoms with Crippen LogP contribution in [0.25, 0.3) is 11.4 Å². The molecule has 0 fully saturated rings. The van der Waals surface area contributed by atoms with Crippen molar-refractivity contribution in [2.24, 2.45) is 0 Å². The van der Waals surface area contributed by atoms with Crippen molar-refractivity contribution in [2.45, 2.75) is 25.3 Å². The van der Waals surface area contributed by atoms with E-state index in [0.717, 1.165) is 23.1 Å². The van der Waals surface area contributed by atoms with Crippen molar-refractivity contribution >= 4 is 16.8 Å². The van der Waals surface area contributed by atoms with E-state index in [1.54, 1.807) is 36.8 Å². The second-order valence-corrected chi connectivity index (χ2v) is 8.24. The maximum atomic E-state index is 13.1. The Bertz CT molecular complexity index is 1270. The van der Waals surface area contributed by atoms with E-state index in [2.05, 4.69) is 24.7 Å². The van der Waals surface area contributed by atoms with Crippen LogP contribution >= 0.6 is 0 Å². The fourth-order valence-corrected chi connectivity index (χ4v) is 3.83. The number of para-hydroxylation sites is 1. The molecule has 1 N–H and O–H groups in total. The number of benzene rings is 1. The lowest BCUT2D eigenvalue weighted by Crippen LogP contribution is -2.11. The van der Waals surface area contributed by atoms with Gasteiger partial charge in [0.05, 0.1) is 7.11 Å². The number of nitrogens with one attached hydrogen (secondary N) is 1. The third-order valence-corrected chi connectivity index (χ3v) is 5.80. The zero-order valence-corrected chi connectivity index (χ0v) is 19.3. The van der Waals surface area contributed by atoms with Crippen LogP contribution in [0.15, 0.2) is 72.1 Å². The van der Waals surface area contributed by atoms with Crippen LogP contribution in [0.1, 0.15) is 18.1 Å². The first-order chi connectivity index (χ1) is 16.1. The van der Waals surface area contributed by atoms with Gasteiger partial charge in [-0.15, -0.1) is 0 Å². The Morgan fingerprint density at radius 3 is 2.52 bits per heavy atom. The molecule has 1 unspecified atom stereocenters. The van der Waals surface area contributed by atoms with Gasteiger partial charge in [0, 0.05) is 24.2 Å². The fraction of sp³-hybridized carbons (Fsp3) is 0.167. The third-order valence-electron chi connectivity index (χ3n) is 4.80. The van der Waals surface area contributed by atoms with E-state index in [0.29, 0.717) is 16.6 Å². The quantitative estimate of drug-likeness (QED) is 0.405. The predicted molar refractivity (Wildman–Crippen MR) is 127 cm³/mol. The molecule has 0 aliphatic heterocycles. The summed E-state index contributed by atoms with van der Waals surface area (Å²) < 4.78 is 27.8. The number of anilines is 1. The molecule has 3 aromatic heterocycles. The molecule has 3 heterocycles. The highest BCUT2D eigenvalue weighted by Crippen LogP contribution is 2.39. The van der Waals surface area contributed by atoms with Gasteiger partial charge < -0.3 is 9.47 Å². The molecule has 0 bridgehead atoms. The molecule has 0 amide bonds. The summed E-state index contributed by atoms with van der Waals surface area (Å²) in [5.74, 6) is 1.68. The Morgan fingerprint density at radius 1 is 1.03 bits per heavy atom. The molecular weight excluding hydrogens is 438 g/mol. The van der Waals surface area contributed by atoms with Crippen LogP contribution in [-0.2, 0) is 17.4 Å². The average molecular weight is 462 g/mol. The lowest BCUT2D eigenvalue weighted by molar-refractivity contribution is 0.363. The Morgan fingerprint density at radius 2 is 1.82 bits per heavy atom. The Balaban J connectivity index is 1.81. The molecule has 33 heavy (non-hydrogen) atoms. The van der Waals surface area contributed by atoms with Crippen molar-refractivity contribution in [3.05, 3.63) is 78.2 Å². The van der Waals surface area contributed by atoms with Crippen LogP contribution < -0.4 is 14.2 Å².